The molecule has 676 valence electrons. The van der Waals surface area contributed by atoms with Crippen LogP contribution in [0.2, 0.25) is 0 Å². The minimum Gasteiger partial charge on any atom is -0.443 e. The van der Waals surface area contributed by atoms with Gasteiger partial charge in [0.15, 0.2) is 29.4 Å². The minimum atomic E-state index is -0.0489. The van der Waals surface area contributed by atoms with Crippen LogP contribution in [0.25, 0.3) is 217 Å². The van der Waals surface area contributed by atoms with E-state index in [1.807, 2.05) is 79.0 Å². The van der Waals surface area contributed by atoms with Crippen LogP contribution in [0.15, 0.2) is 436 Å². The molecule has 0 aliphatic heterocycles. The third kappa shape index (κ3) is 12.6. The monoisotopic (exact) mass is 1830 g/mol. The highest BCUT2D eigenvalue weighted by atomic mass is 16.3. The van der Waals surface area contributed by atoms with Crippen LogP contribution >= 0.6 is 0 Å². The van der Waals surface area contributed by atoms with Crippen molar-refractivity contribution in [3.05, 3.63) is 476 Å². The fourth-order valence-electron chi connectivity index (χ4n) is 24.2. The van der Waals surface area contributed by atoms with Crippen LogP contribution in [0, 0.1) is 0 Å². The van der Waals surface area contributed by atoms with Gasteiger partial charge in [-0.25, -0.2) is 29.9 Å². The van der Waals surface area contributed by atoms with Gasteiger partial charge in [-0.15, -0.1) is 0 Å². The van der Waals surface area contributed by atoms with Crippen LogP contribution in [0.5, 0.6) is 0 Å². The summed E-state index contributed by atoms with van der Waals surface area (Å²) in [6, 6.07) is 149. The zero-order chi connectivity index (χ0) is 95.2. The molecule has 0 atom stereocenters. The molecule has 0 spiro atoms. The highest BCUT2D eigenvalue weighted by Crippen LogP contribution is 2.59. The molecule has 0 N–H and O–H groups in total. The van der Waals surface area contributed by atoms with Crippen LogP contribution in [0.4, 0.5) is 0 Å². The molecule has 0 saturated carbocycles. The van der Waals surface area contributed by atoms with E-state index < -0.39 is 0 Å². The maximum absolute atomic E-state index is 5.47. The fourth-order valence-corrected chi connectivity index (χ4v) is 24.2. The third-order valence-electron chi connectivity index (χ3n) is 30.8. The lowest BCUT2D eigenvalue weighted by atomic mass is 9.82. The summed E-state index contributed by atoms with van der Waals surface area (Å²) in [6.07, 6.45) is 3.37. The third-order valence-corrected chi connectivity index (χ3v) is 30.8. The number of pyridine rings is 1. The second kappa shape index (κ2) is 31.9. The van der Waals surface area contributed by atoms with Gasteiger partial charge in [0.05, 0.1) is 55.2 Å². The number of imidazole rings is 1. The smallest absolute Gasteiger partial charge is 0.220 e. The molecule has 0 radical (unpaired) electrons. The van der Waals surface area contributed by atoms with Gasteiger partial charge in [-0.2, -0.15) is 0 Å². The Labute approximate surface area is 821 Å². The van der Waals surface area contributed by atoms with Crippen molar-refractivity contribution >= 4 is 109 Å². The van der Waals surface area contributed by atoms with E-state index in [4.69, 9.17) is 24.4 Å². The molecule has 0 bridgehead atoms. The average molecular weight is 1830 g/mol. The summed E-state index contributed by atoms with van der Waals surface area (Å²) in [5.41, 5.74) is 41.4. The Morgan fingerprint density at radius 3 is 0.979 bits per heavy atom. The largest absolute Gasteiger partial charge is 0.443 e. The lowest BCUT2D eigenvalue weighted by molar-refractivity contribution is 0.602. The number of nitrogens with zero attached hydrogens (tertiary/aromatic N) is 11. The Kier molecular flexibility index (Phi) is 18.8. The quantitative estimate of drug-likeness (QED) is 0.149. The van der Waals surface area contributed by atoms with E-state index in [1.165, 1.54) is 183 Å². The summed E-state index contributed by atoms with van der Waals surface area (Å²) in [6.45, 7) is 18.7. The summed E-state index contributed by atoms with van der Waals surface area (Å²) in [7, 11) is 0. The van der Waals surface area contributed by atoms with Gasteiger partial charge in [-0.05, 0) is 216 Å². The van der Waals surface area contributed by atoms with Crippen LogP contribution in [0.3, 0.4) is 0 Å². The molecule has 4 aliphatic carbocycles. The van der Waals surface area contributed by atoms with Crippen LogP contribution in [-0.4, -0.2) is 52.7 Å². The van der Waals surface area contributed by atoms with E-state index in [1.54, 1.807) is 0 Å². The number of benzene rings is 18. The van der Waals surface area contributed by atoms with Crippen LogP contribution in [0.1, 0.15) is 99.9 Å². The van der Waals surface area contributed by atoms with Gasteiger partial charge >= 0.3 is 0 Å². The second-order valence-corrected chi connectivity index (χ2v) is 40.0. The van der Waals surface area contributed by atoms with Crippen molar-refractivity contribution in [3.63, 3.8) is 0 Å². The zero-order valence-electron chi connectivity index (χ0n) is 79.8. The summed E-state index contributed by atoms with van der Waals surface area (Å²) in [4.78, 5) is 29.0. The van der Waals surface area contributed by atoms with Crippen molar-refractivity contribution < 1.29 is 4.42 Å². The fraction of sp³-hybridized carbons (Fsp3) is 0.0923. The first-order valence-electron chi connectivity index (χ1n) is 49.0. The van der Waals surface area contributed by atoms with E-state index in [-0.39, 0.29) is 21.7 Å². The minimum absolute atomic E-state index is 0.00825. The summed E-state index contributed by atoms with van der Waals surface area (Å²) < 4.78 is 17.1. The Morgan fingerprint density at radius 2 is 0.549 bits per heavy atom. The lowest BCUT2D eigenvalue weighted by Gasteiger charge is -2.21. The van der Waals surface area contributed by atoms with Crippen LogP contribution in [-0.2, 0) is 21.7 Å². The van der Waals surface area contributed by atoms with Gasteiger partial charge in [0.1, 0.15) is 11.3 Å². The van der Waals surface area contributed by atoms with Crippen molar-refractivity contribution in [2.45, 2.75) is 77.0 Å². The molecule has 0 fully saturated rings. The molecule has 18 aromatic carbocycles. The molecular formula is C130H95N11O. The van der Waals surface area contributed by atoms with E-state index in [2.05, 4.69) is 434 Å². The van der Waals surface area contributed by atoms with Crippen LogP contribution < -0.4 is 0 Å². The van der Waals surface area contributed by atoms with Gasteiger partial charge in [-0.3, -0.25) is 13.7 Å². The summed E-state index contributed by atoms with van der Waals surface area (Å²) in [5, 5.41) is 10.4. The van der Waals surface area contributed by atoms with Crippen molar-refractivity contribution in [3.8, 4) is 107 Å². The molecule has 0 unspecified atom stereocenters. The number of oxazole rings is 1. The van der Waals surface area contributed by atoms with Crippen molar-refractivity contribution in [1.29, 1.82) is 0 Å². The first-order valence-corrected chi connectivity index (χ1v) is 49.0. The first-order chi connectivity index (χ1) is 69.5. The molecule has 30 rings (SSSR count). The number of rotatable bonds is 8. The van der Waals surface area contributed by atoms with Crippen molar-refractivity contribution in [2.75, 3.05) is 0 Å². The molecule has 8 heterocycles. The molecule has 4 aliphatic rings. The molecule has 142 heavy (non-hydrogen) atoms. The van der Waals surface area contributed by atoms with Crippen molar-refractivity contribution in [2.24, 2.45) is 0 Å². The molecule has 12 nitrogen and oxygen atoms in total. The Morgan fingerprint density at radius 1 is 0.218 bits per heavy atom. The number of fused-ring (bicyclic) bond motifs is 30. The first kappa shape index (κ1) is 83.6. The Bertz CT molecular complexity index is 9610. The number of para-hydroxylation sites is 7. The predicted molar refractivity (Wildman–Crippen MR) is 583 cm³/mol. The summed E-state index contributed by atoms with van der Waals surface area (Å²) >= 11 is 0. The number of hydrogen-bond donors (Lipinski definition) is 0. The molecule has 0 saturated heterocycles. The molecule has 0 amide bonds. The van der Waals surface area contributed by atoms with E-state index in [9.17, 15) is 0 Å². The Balaban J connectivity index is 0.0000000963. The average Bonchev–Trinajstić information content (AvgIpc) is 1.67. The lowest BCUT2D eigenvalue weighted by Crippen LogP contribution is -2.14. The normalized spacial score (nSPS) is 13.9. The van der Waals surface area contributed by atoms with Crippen molar-refractivity contribution in [1.82, 2.24) is 52.7 Å². The maximum Gasteiger partial charge on any atom is 0.220 e. The van der Waals surface area contributed by atoms with Gasteiger partial charge in [0.25, 0.3) is 0 Å². The topological polar surface area (TPSA) is 115 Å². The number of aromatic nitrogens is 11. The number of hydrogen-bond acceptors (Lipinski definition) is 7. The molecule has 12 heteroatoms. The second-order valence-electron chi connectivity index (χ2n) is 40.0. The SMILES string of the molecule is CC1(C)c2ccccc2-c2c1ccc1c2c2ccccc2n1-c1ccc(-c2nc(-c3ccccc3)nc(-c3ccccc3)n2)cc1.CC1(C)c2ccccc2-c2c1ccc1c2c2ccccc2n1-c1ccc2ocnc2c1.CC1(C)c2ccccc2-c2c1ccc1c2c2ccccc2n1-c1ccccn1.CC1(C)c2ccccc2-c2c1ccc1c2c2ccccc2n1-c1nc2ccccc2n1-c1ccccc1. The molecule has 26 aromatic rings. The van der Waals surface area contributed by atoms with Gasteiger partial charge in [-0.1, -0.05) is 347 Å². The highest BCUT2D eigenvalue weighted by Gasteiger charge is 2.43. The van der Waals surface area contributed by atoms with E-state index >= 15 is 0 Å². The van der Waals surface area contributed by atoms with Gasteiger partial charge in [0.2, 0.25) is 5.95 Å². The summed E-state index contributed by atoms with van der Waals surface area (Å²) in [5.74, 6) is 3.84. The molecule has 8 aromatic heterocycles. The van der Waals surface area contributed by atoms with E-state index in [0.717, 1.165) is 67.7 Å². The standard InChI is InChI=1S/C42H30N4.C34H25N3.C28H20N2O.C26H20N2/c1-42(2)33-19-11-9-17-31(33)37-34(42)25-26-36-38(37)32-18-10-12-20-35(32)46(36)30-23-21-29(22-24-30)41-44-39(27-13-5-3-6-14-27)43-40(45-41)28-15-7-4-8-16-28;1-34(2)25-16-8-6-14-23(25)31-26(34)20-21-30-32(31)24-15-7-10-18-28(24)37(30)33-35-27-17-9-11-19-29(27)36(33)22-12-4-3-5-13-22;1-28(2)20-9-5-3-7-18(20)26-21(28)12-13-24-27(26)19-8-4-6-10-23(19)30(24)17-11-14-25-22(15-17)29-16-31-25;1-26(2)19-11-5-3-9-17(19)24-20(26)14-15-22-25(24)18-10-4-6-12-21(18)28(22)23-13-7-8-16-27-23/h3-26H,1-2H3;3-21H,1-2H3;3-16H,1-2H3;3-16H,1-2H3. The highest BCUT2D eigenvalue weighted by molar-refractivity contribution is 6.22. The van der Waals surface area contributed by atoms with Gasteiger partial charge in [0, 0.05) is 105 Å². The van der Waals surface area contributed by atoms with E-state index in [0.29, 0.717) is 17.5 Å². The maximum atomic E-state index is 5.47. The predicted octanol–water partition coefficient (Wildman–Crippen LogP) is 32.4. The Hall–Kier alpha value is -17.7. The zero-order valence-corrected chi connectivity index (χ0v) is 79.8. The van der Waals surface area contributed by atoms with Gasteiger partial charge < -0.3 is 13.6 Å². The molecular weight excluding hydrogens is 1730 g/mol.